The molecule has 0 aliphatic carbocycles. The second-order valence-electron chi connectivity index (χ2n) is 5.14. The fraction of sp³-hybridized carbons (Fsp3) is 0.846. The highest BCUT2D eigenvalue weighted by atomic mass is 35.5. The van der Waals surface area contributed by atoms with Crippen molar-refractivity contribution in [2.75, 3.05) is 19.6 Å². The van der Waals surface area contributed by atoms with Gasteiger partial charge in [-0.05, 0) is 31.9 Å². The maximum Gasteiger partial charge on any atom is 0.0224 e. The number of nitrogens with one attached hydrogen (secondary N) is 1. The van der Waals surface area contributed by atoms with Gasteiger partial charge in [0.25, 0.3) is 0 Å². The minimum Gasteiger partial charge on any atom is -0.313 e. The summed E-state index contributed by atoms with van der Waals surface area (Å²) in [5.41, 5.74) is 2.97. The molecular weight excluding hydrogens is 220 g/mol. The molecule has 1 unspecified atom stereocenters. The van der Waals surface area contributed by atoms with Crippen LogP contribution in [0, 0.1) is 0 Å². The summed E-state index contributed by atoms with van der Waals surface area (Å²) in [6.45, 7) is 9.86. The topological polar surface area (TPSA) is 15.3 Å². The van der Waals surface area contributed by atoms with Crippen molar-refractivity contribution in [2.24, 2.45) is 0 Å². The quantitative estimate of drug-likeness (QED) is 0.800. The number of nitrogens with zero attached hydrogens (tertiary/aromatic N) is 1. The second kappa shape index (κ2) is 7.31. The average Bonchev–Trinajstić information content (AvgIpc) is 2.27. The van der Waals surface area contributed by atoms with Crippen LogP contribution in [-0.4, -0.2) is 36.6 Å². The molecule has 94 valence electrons. The fourth-order valence-corrected chi connectivity index (χ4v) is 2.29. The van der Waals surface area contributed by atoms with Gasteiger partial charge in [-0.15, -0.1) is 0 Å². The van der Waals surface area contributed by atoms with Crippen LogP contribution in [0.15, 0.2) is 11.1 Å². The SMILES string of the molecule is CC(=CCl)CN1CCCCC1CNC(C)C. The monoisotopic (exact) mass is 244 g/mol. The van der Waals surface area contributed by atoms with Gasteiger partial charge in [-0.2, -0.15) is 0 Å². The van der Waals surface area contributed by atoms with Crippen LogP contribution in [0.3, 0.4) is 0 Å². The Labute approximate surface area is 105 Å². The summed E-state index contributed by atoms with van der Waals surface area (Å²) in [4.78, 5) is 2.56. The fourth-order valence-electron chi connectivity index (χ4n) is 2.23. The summed E-state index contributed by atoms with van der Waals surface area (Å²) in [5, 5.41) is 3.54. The van der Waals surface area contributed by atoms with E-state index < -0.39 is 0 Å². The molecule has 1 aliphatic rings. The van der Waals surface area contributed by atoms with Crippen LogP contribution in [0.2, 0.25) is 0 Å². The smallest absolute Gasteiger partial charge is 0.0224 e. The Morgan fingerprint density at radius 2 is 2.25 bits per heavy atom. The number of hydrogen-bond acceptors (Lipinski definition) is 2. The number of piperidine rings is 1. The zero-order valence-corrected chi connectivity index (χ0v) is 11.6. The van der Waals surface area contributed by atoms with Crippen molar-refractivity contribution in [3.63, 3.8) is 0 Å². The summed E-state index contributed by atoms with van der Waals surface area (Å²) in [5.74, 6) is 0. The zero-order chi connectivity index (χ0) is 12.0. The van der Waals surface area contributed by atoms with E-state index in [4.69, 9.17) is 11.6 Å². The Kier molecular flexibility index (Phi) is 6.40. The molecule has 0 aromatic carbocycles. The van der Waals surface area contributed by atoms with Gasteiger partial charge in [-0.1, -0.05) is 31.9 Å². The van der Waals surface area contributed by atoms with Crippen molar-refractivity contribution in [3.05, 3.63) is 11.1 Å². The molecule has 1 N–H and O–H groups in total. The first kappa shape index (κ1) is 14.0. The van der Waals surface area contributed by atoms with Crippen molar-refractivity contribution in [1.29, 1.82) is 0 Å². The summed E-state index contributed by atoms with van der Waals surface area (Å²) < 4.78 is 0. The highest BCUT2D eigenvalue weighted by molar-refractivity contribution is 6.25. The Balaban J connectivity index is 2.43. The van der Waals surface area contributed by atoms with Gasteiger partial charge in [-0.3, -0.25) is 4.90 Å². The third kappa shape index (κ3) is 4.86. The third-order valence-electron chi connectivity index (χ3n) is 3.15. The molecule has 0 radical (unpaired) electrons. The summed E-state index contributed by atoms with van der Waals surface area (Å²) in [6, 6.07) is 1.26. The number of hydrogen-bond donors (Lipinski definition) is 1. The highest BCUT2D eigenvalue weighted by Gasteiger charge is 2.21. The molecule has 0 amide bonds. The molecule has 1 atom stereocenters. The van der Waals surface area contributed by atoms with E-state index in [9.17, 15) is 0 Å². The van der Waals surface area contributed by atoms with Crippen LogP contribution in [0.4, 0.5) is 0 Å². The van der Waals surface area contributed by atoms with Gasteiger partial charge in [0.15, 0.2) is 0 Å². The van der Waals surface area contributed by atoms with Crippen molar-refractivity contribution in [3.8, 4) is 0 Å². The molecule has 0 spiro atoms. The Hall–Kier alpha value is -0.0500. The van der Waals surface area contributed by atoms with Gasteiger partial charge in [0.05, 0.1) is 0 Å². The standard InChI is InChI=1S/C13H25ClN2/c1-11(2)15-9-13-6-4-5-7-16(13)10-12(3)8-14/h8,11,13,15H,4-7,9-10H2,1-3H3. The molecule has 1 saturated heterocycles. The predicted molar refractivity (Wildman–Crippen MR) is 72.0 cm³/mol. The Bertz CT molecular complexity index is 226. The van der Waals surface area contributed by atoms with Crippen LogP contribution >= 0.6 is 11.6 Å². The lowest BCUT2D eigenvalue weighted by Gasteiger charge is -2.36. The van der Waals surface area contributed by atoms with E-state index in [0.29, 0.717) is 12.1 Å². The molecule has 1 heterocycles. The minimum atomic E-state index is 0.577. The van der Waals surface area contributed by atoms with E-state index in [0.717, 1.165) is 13.1 Å². The van der Waals surface area contributed by atoms with Crippen LogP contribution in [0.25, 0.3) is 0 Å². The molecular formula is C13H25ClN2. The molecule has 2 nitrogen and oxygen atoms in total. The van der Waals surface area contributed by atoms with E-state index in [2.05, 4.69) is 31.0 Å². The van der Waals surface area contributed by atoms with E-state index in [1.165, 1.54) is 31.4 Å². The second-order valence-corrected chi connectivity index (χ2v) is 5.36. The normalized spacial score (nSPS) is 24.1. The van der Waals surface area contributed by atoms with Gasteiger partial charge in [0, 0.05) is 30.7 Å². The number of halogens is 1. The van der Waals surface area contributed by atoms with Crippen LogP contribution < -0.4 is 5.32 Å². The van der Waals surface area contributed by atoms with Crippen molar-refractivity contribution >= 4 is 11.6 Å². The lowest BCUT2D eigenvalue weighted by atomic mass is 10.0. The molecule has 0 bridgehead atoms. The maximum absolute atomic E-state index is 5.74. The van der Waals surface area contributed by atoms with Crippen LogP contribution in [-0.2, 0) is 0 Å². The molecule has 3 heteroatoms. The van der Waals surface area contributed by atoms with E-state index in [1.807, 2.05) is 0 Å². The van der Waals surface area contributed by atoms with Crippen molar-refractivity contribution in [2.45, 2.75) is 52.1 Å². The number of rotatable bonds is 5. The van der Waals surface area contributed by atoms with E-state index in [-0.39, 0.29) is 0 Å². The molecule has 1 aliphatic heterocycles. The zero-order valence-electron chi connectivity index (χ0n) is 10.8. The van der Waals surface area contributed by atoms with Crippen LogP contribution in [0.5, 0.6) is 0 Å². The van der Waals surface area contributed by atoms with Crippen molar-refractivity contribution in [1.82, 2.24) is 10.2 Å². The molecule has 0 aromatic heterocycles. The van der Waals surface area contributed by atoms with Gasteiger partial charge < -0.3 is 5.32 Å². The first-order chi connectivity index (χ1) is 7.63. The van der Waals surface area contributed by atoms with E-state index >= 15 is 0 Å². The lowest BCUT2D eigenvalue weighted by molar-refractivity contribution is 0.156. The van der Waals surface area contributed by atoms with Gasteiger partial charge in [-0.25, -0.2) is 0 Å². The summed E-state index contributed by atoms with van der Waals surface area (Å²) in [6.07, 6.45) is 4.01. The summed E-state index contributed by atoms with van der Waals surface area (Å²) in [7, 11) is 0. The molecule has 1 fully saturated rings. The Morgan fingerprint density at radius 1 is 1.50 bits per heavy atom. The molecule has 1 rings (SSSR count). The van der Waals surface area contributed by atoms with E-state index in [1.54, 1.807) is 5.54 Å². The molecule has 0 saturated carbocycles. The van der Waals surface area contributed by atoms with Gasteiger partial charge >= 0.3 is 0 Å². The largest absolute Gasteiger partial charge is 0.313 e. The van der Waals surface area contributed by atoms with Gasteiger partial charge in [0.2, 0.25) is 0 Å². The van der Waals surface area contributed by atoms with Crippen LogP contribution in [0.1, 0.15) is 40.0 Å². The first-order valence-corrected chi connectivity index (χ1v) is 6.80. The molecule has 16 heavy (non-hydrogen) atoms. The highest BCUT2D eigenvalue weighted by Crippen LogP contribution is 2.18. The average molecular weight is 245 g/mol. The van der Waals surface area contributed by atoms with Crippen molar-refractivity contribution < 1.29 is 0 Å². The first-order valence-electron chi connectivity index (χ1n) is 6.36. The predicted octanol–water partition coefficient (Wildman–Crippen LogP) is 2.98. The maximum atomic E-state index is 5.74. The number of likely N-dealkylation sites (tertiary alicyclic amines) is 1. The Morgan fingerprint density at radius 3 is 2.88 bits per heavy atom. The third-order valence-corrected chi connectivity index (χ3v) is 3.52. The molecule has 0 aromatic rings. The van der Waals surface area contributed by atoms with Gasteiger partial charge in [0.1, 0.15) is 0 Å². The minimum absolute atomic E-state index is 0.577. The lowest BCUT2D eigenvalue weighted by Crippen LogP contribution is -2.47. The summed E-state index contributed by atoms with van der Waals surface area (Å²) >= 11 is 5.74.